The number of carbonyl (C=O) groups excluding carboxylic acids is 2. The van der Waals surface area contributed by atoms with Gasteiger partial charge in [0.2, 0.25) is 11.8 Å². The molecule has 1 aliphatic carbocycles. The maximum Gasteiger partial charge on any atom is 0.225 e. The molecule has 5 nitrogen and oxygen atoms in total. The molecule has 0 spiro atoms. The van der Waals surface area contributed by atoms with Gasteiger partial charge in [0.15, 0.2) is 0 Å². The lowest BCUT2D eigenvalue weighted by molar-refractivity contribution is -0.132. The third-order valence-electron chi connectivity index (χ3n) is 5.21. The molecule has 0 atom stereocenters. The van der Waals surface area contributed by atoms with E-state index in [1.807, 2.05) is 40.6 Å². The molecule has 0 radical (unpaired) electrons. The van der Waals surface area contributed by atoms with Crippen LogP contribution in [-0.4, -0.2) is 42.9 Å². The van der Waals surface area contributed by atoms with E-state index >= 15 is 0 Å². The molecule has 2 aromatic rings. The summed E-state index contributed by atoms with van der Waals surface area (Å²) in [5.41, 5.74) is 1.97. The van der Waals surface area contributed by atoms with Crippen molar-refractivity contribution >= 4 is 34.5 Å². The number of nitrogens with zero attached hydrogens (tertiary/aromatic N) is 2. The Morgan fingerprint density at radius 1 is 1.04 bits per heavy atom. The molecule has 1 aromatic heterocycles. The van der Waals surface area contributed by atoms with Gasteiger partial charge in [-0.25, -0.2) is 0 Å². The van der Waals surface area contributed by atoms with E-state index in [1.54, 1.807) is 11.3 Å². The highest BCUT2D eigenvalue weighted by molar-refractivity contribution is 7.09. The summed E-state index contributed by atoms with van der Waals surface area (Å²) in [4.78, 5) is 29.8. The van der Waals surface area contributed by atoms with Crippen molar-refractivity contribution in [2.24, 2.45) is 5.92 Å². The number of anilines is 2. The lowest BCUT2D eigenvalue weighted by Gasteiger charge is -2.36. The molecule has 2 fully saturated rings. The molecule has 142 valence electrons. The SMILES string of the molecule is O=C(CCc1cccs1)Nc1ccc(N2CCN(C(=O)C3CC3)CC2)cc1. The molecular weight excluding hydrogens is 358 g/mol. The standard InChI is InChI=1S/C21H25N3O2S/c25-20(10-9-19-2-1-15-27-19)22-17-5-7-18(8-6-17)23-11-13-24(14-12-23)21(26)16-3-4-16/h1-2,5-8,15-16H,3-4,9-14H2,(H,22,25). The monoisotopic (exact) mass is 383 g/mol. The van der Waals surface area contributed by atoms with Crippen molar-refractivity contribution in [1.29, 1.82) is 0 Å². The van der Waals surface area contributed by atoms with Crippen LogP contribution in [0.15, 0.2) is 41.8 Å². The van der Waals surface area contributed by atoms with Gasteiger partial charge in [0.25, 0.3) is 0 Å². The number of piperazine rings is 1. The van der Waals surface area contributed by atoms with Crippen molar-refractivity contribution < 1.29 is 9.59 Å². The van der Waals surface area contributed by atoms with Crippen molar-refractivity contribution in [2.45, 2.75) is 25.7 Å². The Morgan fingerprint density at radius 2 is 1.78 bits per heavy atom. The minimum atomic E-state index is 0.0448. The molecule has 6 heteroatoms. The Labute approximate surface area is 164 Å². The summed E-state index contributed by atoms with van der Waals surface area (Å²) in [5.74, 6) is 0.692. The predicted molar refractivity (Wildman–Crippen MR) is 109 cm³/mol. The summed E-state index contributed by atoms with van der Waals surface area (Å²) >= 11 is 1.69. The van der Waals surface area contributed by atoms with Crippen molar-refractivity contribution in [2.75, 3.05) is 36.4 Å². The molecule has 2 amide bonds. The van der Waals surface area contributed by atoms with Gasteiger partial charge in [-0.15, -0.1) is 11.3 Å². The number of thiophene rings is 1. The Bertz CT molecular complexity index is 776. The van der Waals surface area contributed by atoms with Crippen molar-refractivity contribution in [3.05, 3.63) is 46.7 Å². The van der Waals surface area contributed by atoms with Gasteiger partial charge in [-0.2, -0.15) is 0 Å². The van der Waals surface area contributed by atoms with Crippen LogP contribution in [0.25, 0.3) is 0 Å². The normalized spacial score (nSPS) is 17.0. The van der Waals surface area contributed by atoms with Gasteiger partial charge < -0.3 is 15.1 Å². The van der Waals surface area contributed by atoms with E-state index in [4.69, 9.17) is 0 Å². The fourth-order valence-electron chi connectivity index (χ4n) is 3.44. The largest absolute Gasteiger partial charge is 0.368 e. The highest BCUT2D eigenvalue weighted by Crippen LogP contribution is 2.31. The zero-order valence-electron chi connectivity index (χ0n) is 15.4. The van der Waals surface area contributed by atoms with Crippen LogP contribution in [0.3, 0.4) is 0 Å². The second-order valence-corrected chi connectivity index (χ2v) is 8.29. The van der Waals surface area contributed by atoms with E-state index < -0.39 is 0 Å². The lowest BCUT2D eigenvalue weighted by atomic mass is 10.2. The van der Waals surface area contributed by atoms with Crippen LogP contribution in [0.2, 0.25) is 0 Å². The Kier molecular flexibility index (Phi) is 5.43. The molecule has 1 aliphatic heterocycles. The minimum absolute atomic E-state index is 0.0448. The lowest BCUT2D eigenvalue weighted by Crippen LogP contribution is -2.49. The zero-order valence-corrected chi connectivity index (χ0v) is 16.2. The Hall–Kier alpha value is -2.34. The average Bonchev–Trinajstić information content (AvgIpc) is 3.42. The summed E-state index contributed by atoms with van der Waals surface area (Å²) in [6.07, 6.45) is 3.42. The van der Waals surface area contributed by atoms with Crippen molar-refractivity contribution in [3.63, 3.8) is 0 Å². The van der Waals surface area contributed by atoms with Gasteiger partial charge in [-0.3, -0.25) is 9.59 Å². The van der Waals surface area contributed by atoms with Gasteiger partial charge in [-0.05, 0) is 55.0 Å². The van der Waals surface area contributed by atoms with E-state index in [9.17, 15) is 9.59 Å². The smallest absolute Gasteiger partial charge is 0.225 e. The van der Waals surface area contributed by atoms with E-state index in [0.717, 1.165) is 56.8 Å². The van der Waals surface area contributed by atoms with Gasteiger partial charge in [0.05, 0.1) is 0 Å². The first-order valence-corrected chi connectivity index (χ1v) is 10.5. The molecule has 2 aliphatic rings. The first-order chi connectivity index (χ1) is 13.2. The molecule has 1 aromatic carbocycles. The Morgan fingerprint density at radius 3 is 2.41 bits per heavy atom. The van der Waals surface area contributed by atoms with Gasteiger partial charge in [-0.1, -0.05) is 6.07 Å². The number of aryl methyl sites for hydroxylation is 1. The first-order valence-electron chi connectivity index (χ1n) is 9.65. The number of carbonyl (C=O) groups is 2. The van der Waals surface area contributed by atoms with Crippen LogP contribution in [-0.2, 0) is 16.0 Å². The van der Waals surface area contributed by atoms with Crippen LogP contribution < -0.4 is 10.2 Å². The van der Waals surface area contributed by atoms with Crippen LogP contribution >= 0.6 is 11.3 Å². The van der Waals surface area contributed by atoms with E-state index in [1.165, 1.54) is 4.88 Å². The van der Waals surface area contributed by atoms with Gasteiger partial charge >= 0.3 is 0 Å². The van der Waals surface area contributed by atoms with Crippen LogP contribution in [0, 0.1) is 5.92 Å². The number of nitrogens with one attached hydrogen (secondary N) is 1. The van der Waals surface area contributed by atoms with E-state index in [2.05, 4.69) is 16.3 Å². The predicted octanol–water partition coefficient (Wildman–Crippen LogP) is 3.38. The summed E-state index contributed by atoms with van der Waals surface area (Å²) in [7, 11) is 0. The van der Waals surface area contributed by atoms with Crippen molar-refractivity contribution in [1.82, 2.24) is 4.90 Å². The maximum atomic E-state index is 12.1. The fraction of sp³-hybridized carbons (Fsp3) is 0.429. The molecule has 1 N–H and O–H groups in total. The average molecular weight is 384 g/mol. The van der Waals surface area contributed by atoms with Crippen LogP contribution in [0.1, 0.15) is 24.1 Å². The quantitative estimate of drug-likeness (QED) is 0.832. The summed E-state index contributed by atoms with van der Waals surface area (Å²) in [6, 6.07) is 12.1. The second-order valence-electron chi connectivity index (χ2n) is 7.26. The molecule has 2 heterocycles. The number of hydrogen-bond acceptors (Lipinski definition) is 4. The molecule has 1 saturated heterocycles. The van der Waals surface area contributed by atoms with Gasteiger partial charge in [0.1, 0.15) is 0 Å². The Balaban J connectivity index is 1.25. The number of benzene rings is 1. The number of rotatable bonds is 6. The molecule has 0 bridgehead atoms. The van der Waals surface area contributed by atoms with Crippen LogP contribution in [0.4, 0.5) is 11.4 Å². The topological polar surface area (TPSA) is 52.7 Å². The minimum Gasteiger partial charge on any atom is -0.368 e. The molecule has 4 rings (SSSR count). The summed E-state index contributed by atoms with van der Waals surface area (Å²) in [5, 5.41) is 5.01. The highest BCUT2D eigenvalue weighted by Gasteiger charge is 2.34. The summed E-state index contributed by atoms with van der Waals surface area (Å²) in [6.45, 7) is 3.34. The van der Waals surface area contributed by atoms with E-state index in [-0.39, 0.29) is 5.91 Å². The van der Waals surface area contributed by atoms with E-state index in [0.29, 0.717) is 18.2 Å². The number of amides is 2. The molecule has 0 unspecified atom stereocenters. The molecule has 27 heavy (non-hydrogen) atoms. The highest BCUT2D eigenvalue weighted by atomic mass is 32.1. The number of hydrogen-bond donors (Lipinski definition) is 1. The van der Waals surface area contributed by atoms with Crippen molar-refractivity contribution in [3.8, 4) is 0 Å². The molecule has 1 saturated carbocycles. The van der Waals surface area contributed by atoms with Crippen LogP contribution in [0.5, 0.6) is 0 Å². The second kappa shape index (κ2) is 8.13. The zero-order chi connectivity index (χ0) is 18.6. The summed E-state index contributed by atoms with van der Waals surface area (Å²) < 4.78 is 0. The molecular formula is C21H25N3O2S. The fourth-order valence-corrected chi connectivity index (χ4v) is 4.15. The van der Waals surface area contributed by atoms with Gasteiger partial charge in [0, 0.05) is 54.8 Å². The third-order valence-corrected chi connectivity index (χ3v) is 6.15. The maximum absolute atomic E-state index is 12.1. The third kappa shape index (κ3) is 4.69. The first kappa shape index (κ1) is 18.0.